The molecule has 0 aliphatic heterocycles. The molecule has 1 aromatic carbocycles. The molecule has 0 unspecified atom stereocenters. The third kappa shape index (κ3) is 4.01. The van der Waals surface area contributed by atoms with Gasteiger partial charge in [-0.2, -0.15) is 5.10 Å². The van der Waals surface area contributed by atoms with Gasteiger partial charge in [-0.1, -0.05) is 22.0 Å². The van der Waals surface area contributed by atoms with Crippen molar-refractivity contribution in [3.05, 3.63) is 56.9 Å². The topological polar surface area (TPSA) is 61.2 Å². The normalized spacial score (nSPS) is 11.2. The van der Waals surface area contributed by atoms with Crippen molar-refractivity contribution in [2.45, 2.75) is 26.4 Å². The zero-order valence-corrected chi connectivity index (χ0v) is 13.5. The summed E-state index contributed by atoms with van der Waals surface area (Å²) >= 11 is 3.37. The van der Waals surface area contributed by atoms with Gasteiger partial charge in [0.05, 0.1) is 5.69 Å². The van der Waals surface area contributed by atoms with E-state index in [9.17, 15) is 9.59 Å². The van der Waals surface area contributed by atoms with Crippen LogP contribution in [0.15, 0.2) is 45.8 Å². The molecular formula is C15H15BrN2O3. The molecule has 0 saturated carbocycles. The molecule has 2 rings (SSSR count). The fraction of sp³-hybridized carbons (Fsp3) is 0.267. The molecule has 6 heteroatoms. The van der Waals surface area contributed by atoms with E-state index < -0.39 is 17.0 Å². The van der Waals surface area contributed by atoms with Crippen LogP contribution in [0.3, 0.4) is 0 Å². The number of nitrogens with zero attached hydrogens (tertiary/aromatic N) is 2. The molecule has 0 N–H and O–H groups in total. The number of carbonyl (C=O) groups excluding carboxylic acids is 1. The van der Waals surface area contributed by atoms with Crippen molar-refractivity contribution in [2.24, 2.45) is 0 Å². The predicted molar refractivity (Wildman–Crippen MR) is 82.7 cm³/mol. The van der Waals surface area contributed by atoms with Crippen LogP contribution in [0.2, 0.25) is 0 Å². The molecule has 21 heavy (non-hydrogen) atoms. The standard InChI is InChI=1S/C15H15BrN2O3/c1-15(2,3)21-14(20)13-12(19)7-8-18(17-13)11-6-4-5-10(16)9-11/h4-9H,1-3H3. The fourth-order valence-electron chi connectivity index (χ4n) is 1.64. The van der Waals surface area contributed by atoms with Gasteiger partial charge in [-0.05, 0) is 39.0 Å². The average molecular weight is 351 g/mol. The van der Waals surface area contributed by atoms with E-state index in [0.29, 0.717) is 0 Å². The zero-order chi connectivity index (χ0) is 15.6. The lowest BCUT2D eigenvalue weighted by molar-refractivity contribution is 0.00592. The summed E-state index contributed by atoms with van der Waals surface area (Å²) in [7, 11) is 0. The average Bonchev–Trinajstić information content (AvgIpc) is 2.37. The van der Waals surface area contributed by atoms with E-state index in [4.69, 9.17) is 4.74 Å². The highest BCUT2D eigenvalue weighted by molar-refractivity contribution is 9.10. The number of aromatic nitrogens is 2. The highest BCUT2D eigenvalue weighted by Crippen LogP contribution is 2.14. The van der Waals surface area contributed by atoms with Crippen LogP contribution in [0.25, 0.3) is 5.69 Å². The number of rotatable bonds is 2. The predicted octanol–water partition coefficient (Wildman–Crippen LogP) is 2.95. The molecule has 0 fully saturated rings. The third-order valence-electron chi connectivity index (χ3n) is 2.47. The lowest BCUT2D eigenvalue weighted by atomic mass is 10.2. The lowest BCUT2D eigenvalue weighted by Gasteiger charge is -2.19. The van der Waals surface area contributed by atoms with E-state index >= 15 is 0 Å². The van der Waals surface area contributed by atoms with Gasteiger partial charge in [-0.25, -0.2) is 9.48 Å². The molecule has 2 aromatic rings. The van der Waals surface area contributed by atoms with Crippen molar-refractivity contribution in [1.82, 2.24) is 9.78 Å². The van der Waals surface area contributed by atoms with Crippen molar-refractivity contribution < 1.29 is 9.53 Å². The largest absolute Gasteiger partial charge is 0.455 e. The van der Waals surface area contributed by atoms with Gasteiger partial charge >= 0.3 is 5.97 Å². The van der Waals surface area contributed by atoms with Crippen molar-refractivity contribution in [2.75, 3.05) is 0 Å². The van der Waals surface area contributed by atoms with Crippen LogP contribution in [0.5, 0.6) is 0 Å². The molecular weight excluding hydrogens is 336 g/mol. The van der Waals surface area contributed by atoms with Crippen LogP contribution in [0, 0.1) is 0 Å². The summed E-state index contributed by atoms with van der Waals surface area (Å²) in [6.45, 7) is 5.21. The first-order chi connectivity index (χ1) is 9.76. The number of hydrogen-bond donors (Lipinski definition) is 0. The first-order valence-corrected chi connectivity index (χ1v) is 7.15. The summed E-state index contributed by atoms with van der Waals surface area (Å²) < 4.78 is 7.53. The Morgan fingerprint density at radius 3 is 2.62 bits per heavy atom. The Bertz CT molecular complexity index is 732. The molecule has 5 nitrogen and oxygen atoms in total. The number of esters is 1. The Morgan fingerprint density at radius 2 is 2.00 bits per heavy atom. The maximum Gasteiger partial charge on any atom is 0.363 e. The highest BCUT2D eigenvalue weighted by atomic mass is 79.9. The van der Waals surface area contributed by atoms with Crippen molar-refractivity contribution in [3.8, 4) is 5.69 Å². The molecule has 0 bridgehead atoms. The summed E-state index contributed by atoms with van der Waals surface area (Å²) in [6.07, 6.45) is 1.51. The molecule has 1 aromatic heterocycles. The smallest absolute Gasteiger partial charge is 0.363 e. The second-order valence-electron chi connectivity index (χ2n) is 5.45. The van der Waals surface area contributed by atoms with Gasteiger partial charge in [0.1, 0.15) is 5.60 Å². The van der Waals surface area contributed by atoms with Crippen LogP contribution < -0.4 is 5.43 Å². The van der Waals surface area contributed by atoms with Crippen molar-refractivity contribution in [3.63, 3.8) is 0 Å². The van der Waals surface area contributed by atoms with Gasteiger partial charge in [0.25, 0.3) is 0 Å². The Morgan fingerprint density at radius 1 is 1.29 bits per heavy atom. The van der Waals surface area contributed by atoms with Gasteiger partial charge in [0.2, 0.25) is 11.1 Å². The summed E-state index contributed by atoms with van der Waals surface area (Å²) in [5.74, 6) is -0.725. The van der Waals surface area contributed by atoms with Crippen molar-refractivity contribution >= 4 is 21.9 Å². The summed E-state index contributed by atoms with van der Waals surface area (Å²) in [5.41, 5.74) is -0.640. The van der Waals surface area contributed by atoms with E-state index in [1.807, 2.05) is 24.3 Å². The van der Waals surface area contributed by atoms with Gasteiger partial charge < -0.3 is 4.74 Å². The van der Waals surface area contributed by atoms with E-state index in [-0.39, 0.29) is 5.69 Å². The Labute approximate surface area is 130 Å². The molecule has 0 spiro atoms. The Hall–Kier alpha value is -1.95. The second kappa shape index (κ2) is 5.81. The first kappa shape index (κ1) is 15.4. The molecule has 110 valence electrons. The van der Waals surface area contributed by atoms with Gasteiger partial charge in [0.15, 0.2) is 0 Å². The third-order valence-corrected chi connectivity index (χ3v) is 2.97. The maximum atomic E-state index is 12.0. The molecule has 1 heterocycles. The van der Waals surface area contributed by atoms with E-state index in [1.165, 1.54) is 16.9 Å². The van der Waals surface area contributed by atoms with E-state index in [2.05, 4.69) is 21.0 Å². The van der Waals surface area contributed by atoms with Crippen molar-refractivity contribution in [1.29, 1.82) is 0 Å². The Kier molecular flexibility index (Phi) is 4.27. The van der Waals surface area contributed by atoms with Crippen LogP contribution in [0.4, 0.5) is 0 Å². The summed E-state index contributed by atoms with van der Waals surface area (Å²) in [5, 5.41) is 4.08. The molecule has 0 radical (unpaired) electrons. The second-order valence-corrected chi connectivity index (χ2v) is 6.37. The molecule has 0 aliphatic carbocycles. The minimum atomic E-state index is -0.725. The van der Waals surface area contributed by atoms with Gasteiger partial charge in [0, 0.05) is 16.7 Å². The number of halogens is 1. The number of hydrogen-bond acceptors (Lipinski definition) is 4. The zero-order valence-electron chi connectivity index (χ0n) is 12.0. The minimum absolute atomic E-state index is 0.229. The molecule has 0 saturated heterocycles. The highest BCUT2D eigenvalue weighted by Gasteiger charge is 2.21. The van der Waals surface area contributed by atoms with Gasteiger partial charge in [-0.15, -0.1) is 0 Å². The van der Waals surface area contributed by atoms with Gasteiger partial charge in [-0.3, -0.25) is 4.79 Å². The van der Waals surface area contributed by atoms with E-state index in [1.54, 1.807) is 20.8 Å². The quantitative estimate of drug-likeness (QED) is 0.781. The fourth-order valence-corrected chi connectivity index (χ4v) is 2.03. The van der Waals surface area contributed by atoms with E-state index in [0.717, 1.165) is 10.2 Å². The van der Waals surface area contributed by atoms with Crippen LogP contribution in [-0.2, 0) is 4.74 Å². The maximum absolute atomic E-state index is 12.0. The van der Waals surface area contributed by atoms with Crippen LogP contribution in [-0.4, -0.2) is 21.4 Å². The number of carbonyl (C=O) groups is 1. The molecule has 0 atom stereocenters. The molecule has 0 amide bonds. The summed E-state index contributed by atoms with van der Waals surface area (Å²) in [6, 6.07) is 8.66. The van der Waals surface area contributed by atoms with Crippen LogP contribution >= 0.6 is 15.9 Å². The first-order valence-electron chi connectivity index (χ1n) is 6.35. The van der Waals surface area contributed by atoms with Crippen LogP contribution in [0.1, 0.15) is 31.3 Å². The number of benzene rings is 1. The summed E-state index contributed by atoms with van der Waals surface area (Å²) in [4.78, 5) is 23.8. The SMILES string of the molecule is CC(C)(C)OC(=O)c1nn(-c2cccc(Br)c2)ccc1=O. The molecule has 0 aliphatic rings. The monoisotopic (exact) mass is 350 g/mol. The minimum Gasteiger partial charge on any atom is -0.455 e. The lowest BCUT2D eigenvalue weighted by Crippen LogP contribution is -2.29. The Balaban J connectivity index is 2.43. The number of ether oxygens (including phenoxy) is 1.